The second kappa shape index (κ2) is 9.38. The standard InChI is InChI=1S/C16H31N3O2/c20-12-11-19-9-6-14(7-10-19)13-17-8-5-16(21)18-15-3-1-2-4-15/h14-15,17,20H,1-13H2,(H,18,21). The second-order valence-corrected chi connectivity index (χ2v) is 6.51. The van der Waals surface area contributed by atoms with Gasteiger partial charge in [-0.3, -0.25) is 4.79 Å². The van der Waals surface area contributed by atoms with Crippen LogP contribution in [-0.2, 0) is 4.79 Å². The molecule has 1 heterocycles. The molecular formula is C16H31N3O2. The van der Waals surface area contributed by atoms with E-state index in [4.69, 9.17) is 5.11 Å². The third-order valence-electron chi connectivity index (χ3n) is 4.81. The smallest absolute Gasteiger partial charge is 0.221 e. The third kappa shape index (κ3) is 6.32. The number of nitrogens with one attached hydrogen (secondary N) is 2. The Bertz CT molecular complexity index is 298. The zero-order chi connectivity index (χ0) is 14.9. The molecule has 1 saturated heterocycles. The molecule has 0 aromatic heterocycles. The van der Waals surface area contributed by atoms with Gasteiger partial charge in [0.15, 0.2) is 0 Å². The van der Waals surface area contributed by atoms with Crippen molar-refractivity contribution in [2.24, 2.45) is 5.92 Å². The lowest BCUT2D eigenvalue weighted by Crippen LogP contribution is -2.39. The van der Waals surface area contributed by atoms with Gasteiger partial charge in [-0.25, -0.2) is 0 Å². The number of hydrogen-bond donors (Lipinski definition) is 3. The SMILES string of the molecule is O=C(CCNCC1CCN(CCO)CC1)NC1CCCC1. The average molecular weight is 297 g/mol. The number of piperidine rings is 1. The van der Waals surface area contributed by atoms with Gasteiger partial charge in [-0.15, -0.1) is 0 Å². The first kappa shape index (κ1) is 16.7. The van der Waals surface area contributed by atoms with Crippen molar-refractivity contribution < 1.29 is 9.90 Å². The molecule has 21 heavy (non-hydrogen) atoms. The highest BCUT2D eigenvalue weighted by molar-refractivity contribution is 5.76. The number of rotatable bonds is 8. The molecule has 2 rings (SSSR count). The highest BCUT2D eigenvalue weighted by Gasteiger charge is 2.19. The first-order valence-corrected chi connectivity index (χ1v) is 8.61. The van der Waals surface area contributed by atoms with E-state index in [2.05, 4.69) is 15.5 Å². The molecule has 122 valence electrons. The third-order valence-corrected chi connectivity index (χ3v) is 4.81. The van der Waals surface area contributed by atoms with Crippen molar-refractivity contribution in [2.75, 3.05) is 39.3 Å². The van der Waals surface area contributed by atoms with E-state index >= 15 is 0 Å². The summed E-state index contributed by atoms with van der Waals surface area (Å²) in [6, 6.07) is 0.438. The minimum atomic E-state index is 0.201. The average Bonchev–Trinajstić information content (AvgIpc) is 2.98. The summed E-state index contributed by atoms with van der Waals surface area (Å²) in [5.74, 6) is 0.921. The van der Waals surface area contributed by atoms with Gasteiger partial charge in [-0.05, 0) is 51.2 Å². The quantitative estimate of drug-likeness (QED) is 0.578. The molecule has 0 bridgehead atoms. The highest BCUT2D eigenvalue weighted by Crippen LogP contribution is 2.17. The maximum Gasteiger partial charge on any atom is 0.221 e. The lowest BCUT2D eigenvalue weighted by molar-refractivity contribution is -0.121. The van der Waals surface area contributed by atoms with E-state index in [9.17, 15) is 4.79 Å². The van der Waals surface area contributed by atoms with Crippen LogP contribution in [-0.4, -0.2) is 61.3 Å². The summed E-state index contributed by atoms with van der Waals surface area (Å²) in [6.45, 7) is 5.06. The molecule has 2 aliphatic rings. The van der Waals surface area contributed by atoms with E-state index in [1.807, 2.05) is 0 Å². The summed E-state index contributed by atoms with van der Waals surface area (Å²) >= 11 is 0. The first-order valence-electron chi connectivity index (χ1n) is 8.61. The number of amides is 1. The number of aliphatic hydroxyl groups is 1. The van der Waals surface area contributed by atoms with Crippen molar-refractivity contribution in [3.05, 3.63) is 0 Å². The fourth-order valence-corrected chi connectivity index (χ4v) is 3.43. The van der Waals surface area contributed by atoms with Gasteiger partial charge in [0.1, 0.15) is 0 Å². The van der Waals surface area contributed by atoms with Gasteiger partial charge < -0.3 is 20.6 Å². The summed E-state index contributed by atoms with van der Waals surface area (Å²) in [5.41, 5.74) is 0. The normalized spacial score (nSPS) is 21.8. The minimum absolute atomic E-state index is 0.201. The largest absolute Gasteiger partial charge is 0.395 e. The molecule has 1 aliphatic heterocycles. The Kier molecular flexibility index (Phi) is 7.47. The van der Waals surface area contributed by atoms with Gasteiger partial charge in [0.2, 0.25) is 5.91 Å². The predicted molar refractivity (Wildman–Crippen MR) is 84.1 cm³/mol. The van der Waals surface area contributed by atoms with Crippen molar-refractivity contribution in [3.63, 3.8) is 0 Å². The van der Waals surface area contributed by atoms with Crippen LogP contribution in [0.2, 0.25) is 0 Å². The van der Waals surface area contributed by atoms with E-state index in [-0.39, 0.29) is 12.5 Å². The van der Waals surface area contributed by atoms with Crippen LogP contribution in [0.1, 0.15) is 44.9 Å². The summed E-state index contributed by atoms with van der Waals surface area (Å²) in [5, 5.41) is 15.5. The molecule has 1 aliphatic carbocycles. The molecule has 1 amide bonds. The molecule has 0 radical (unpaired) electrons. The van der Waals surface area contributed by atoms with Gasteiger partial charge in [0, 0.05) is 25.6 Å². The second-order valence-electron chi connectivity index (χ2n) is 6.51. The van der Waals surface area contributed by atoms with Crippen molar-refractivity contribution in [1.82, 2.24) is 15.5 Å². The van der Waals surface area contributed by atoms with Gasteiger partial charge in [-0.2, -0.15) is 0 Å². The zero-order valence-electron chi connectivity index (χ0n) is 13.1. The molecule has 0 spiro atoms. The highest BCUT2D eigenvalue weighted by atomic mass is 16.3. The lowest BCUT2D eigenvalue weighted by Gasteiger charge is -2.31. The van der Waals surface area contributed by atoms with E-state index in [1.165, 1.54) is 25.7 Å². The summed E-state index contributed by atoms with van der Waals surface area (Å²) < 4.78 is 0. The molecule has 2 fully saturated rings. The van der Waals surface area contributed by atoms with Crippen molar-refractivity contribution >= 4 is 5.91 Å². The maximum absolute atomic E-state index is 11.8. The monoisotopic (exact) mass is 297 g/mol. The molecule has 5 heteroatoms. The number of β-amino-alcohol motifs (C(OH)–C–C–N with tert-alkyl or cyclic N) is 1. The molecule has 0 aromatic rings. The number of nitrogens with zero attached hydrogens (tertiary/aromatic N) is 1. The molecule has 5 nitrogen and oxygen atoms in total. The van der Waals surface area contributed by atoms with Crippen LogP contribution >= 0.6 is 0 Å². The van der Waals surface area contributed by atoms with Crippen molar-refractivity contribution in [3.8, 4) is 0 Å². The van der Waals surface area contributed by atoms with E-state index in [1.54, 1.807) is 0 Å². The molecule has 0 unspecified atom stereocenters. The minimum Gasteiger partial charge on any atom is -0.395 e. The van der Waals surface area contributed by atoms with Crippen LogP contribution in [0.4, 0.5) is 0 Å². The fraction of sp³-hybridized carbons (Fsp3) is 0.938. The number of hydrogen-bond acceptors (Lipinski definition) is 4. The molecule has 1 saturated carbocycles. The lowest BCUT2D eigenvalue weighted by atomic mass is 9.97. The predicted octanol–water partition coefficient (Wildman–Crippen LogP) is 0.729. The Labute approximate surface area is 128 Å². The van der Waals surface area contributed by atoms with Crippen LogP contribution < -0.4 is 10.6 Å². The Balaban J connectivity index is 1.47. The molecule has 0 aromatic carbocycles. The van der Waals surface area contributed by atoms with Gasteiger partial charge >= 0.3 is 0 Å². The Morgan fingerprint density at radius 1 is 1.14 bits per heavy atom. The first-order chi connectivity index (χ1) is 10.3. The Morgan fingerprint density at radius 2 is 1.86 bits per heavy atom. The number of carbonyl (C=O) groups excluding carboxylic acids is 1. The van der Waals surface area contributed by atoms with Crippen LogP contribution in [0.5, 0.6) is 0 Å². The molecular weight excluding hydrogens is 266 g/mol. The summed E-state index contributed by atoms with van der Waals surface area (Å²) in [6.07, 6.45) is 7.83. The van der Waals surface area contributed by atoms with Crippen LogP contribution in [0.25, 0.3) is 0 Å². The molecule has 3 N–H and O–H groups in total. The van der Waals surface area contributed by atoms with Gasteiger partial charge in [-0.1, -0.05) is 12.8 Å². The Hall–Kier alpha value is -0.650. The fourth-order valence-electron chi connectivity index (χ4n) is 3.43. The number of carbonyl (C=O) groups is 1. The summed E-state index contributed by atoms with van der Waals surface area (Å²) in [4.78, 5) is 14.1. The summed E-state index contributed by atoms with van der Waals surface area (Å²) in [7, 11) is 0. The van der Waals surface area contributed by atoms with E-state index in [0.717, 1.165) is 51.5 Å². The zero-order valence-corrected chi connectivity index (χ0v) is 13.1. The van der Waals surface area contributed by atoms with E-state index in [0.29, 0.717) is 12.5 Å². The van der Waals surface area contributed by atoms with Crippen LogP contribution in [0.15, 0.2) is 0 Å². The molecule has 0 atom stereocenters. The Morgan fingerprint density at radius 3 is 2.52 bits per heavy atom. The topological polar surface area (TPSA) is 64.6 Å². The van der Waals surface area contributed by atoms with Crippen molar-refractivity contribution in [1.29, 1.82) is 0 Å². The van der Waals surface area contributed by atoms with Crippen molar-refractivity contribution in [2.45, 2.75) is 51.0 Å². The van der Waals surface area contributed by atoms with Gasteiger partial charge in [0.05, 0.1) is 6.61 Å². The van der Waals surface area contributed by atoms with Crippen LogP contribution in [0, 0.1) is 5.92 Å². The van der Waals surface area contributed by atoms with Gasteiger partial charge in [0.25, 0.3) is 0 Å². The van der Waals surface area contributed by atoms with E-state index < -0.39 is 0 Å². The van der Waals surface area contributed by atoms with Crippen LogP contribution in [0.3, 0.4) is 0 Å². The maximum atomic E-state index is 11.8. The number of likely N-dealkylation sites (tertiary alicyclic amines) is 1. The number of aliphatic hydroxyl groups excluding tert-OH is 1.